The number of carbonyl (C=O) groups is 3. The number of esters is 1. The molecule has 8 heteroatoms. The van der Waals surface area contributed by atoms with Crippen molar-refractivity contribution >= 4 is 23.6 Å². The summed E-state index contributed by atoms with van der Waals surface area (Å²) in [5.74, 6) is -1.23. The molecule has 3 unspecified atom stereocenters. The van der Waals surface area contributed by atoms with E-state index in [9.17, 15) is 14.4 Å². The summed E-state index contributed by atoms with van der Waals surface area (Å²) in [7, 11) is 1.63. The topological polar surface area (TPSA) is 94.5 Å². The van der Waals surface area contributed by atoms with Gasteiger partial charge in [-0.05, 0) is 25.2 Å². The third-order valence-electron chi connectivity index (χ3n) is 6.70. The molecule has 2 bridgehead atoms. The molecule has 3 rings (SSSR count). The van der Waals surface area contributed by atoms with Crippen LogP contribution in [0.25, 0.3) is 0 Å². The van der Waals surface area contributed by atoms with E-state index in [2.05, 4.69) is 13.5 Å². The minimum atomic E-state index is -1.04. The highest BCUT2D eigenvalue weighted by molar-refractivity contribution is 6.16. The summed E-state index contributed by atoms with van der Waals surface area (Å²) in [6, 6.07) is -0.327. The monoisotopic (exact) mass is 420 g/mol. The average Bonchev–Trinajstić information content (AvgIpc) is 2.83. The van der Waals surface area contributed by atoms with Gasteiger partial charge in [-0.3, -0.25) is 14.7 Å². The fraction of sp³-hybridized carbons (Fsp3) is 0.727. The molecule has 30 heavy (non-hydrogen) atoms. The molecule has 0 aromatic carbocycles. The van der Waals surface area contributed by atoms with Crippen molar-refractivity contribution in [3.63, 3.8) is 0 Å². The second-order valence-electron chi connectivity index (χ2n) is 8.98. The number of ether oxygens (including phenoxy) is 3. The van der Waals surface area contributed by atoms with Crippen LogP contribution in [0.2, 0.25) is 0 Å². The fourth-order valence-corrected chi connectivity index (χ4v) is 5.09. The number of Topliss-reactive ketones (excluding diaryl/α,β-unsaturated/α-hetero) is 1. The molecular weight excluding hydrogens is 388 g/mol. The largest absolute Gasteiger partial charge is 0.458 e. The van der Waals surface area contributed by atoms with Gasteiger partial charge < -0.3 is 14.2 Å². The predicted molar refractivity (Wildman–Crippen MR) is 110 cm³/mol. The number of ketones is 1. The van der Waals surface area contributed by atoms with Gasteiger partial charge in [-0.25, -0.2) is 9.59 Å². The zero-order chi connectivity index (χ0) is 22.2. The van der Waals surface area contributed by atoms with Gasteiger partial charge in [-0.1, -0.05) is 27.4 Å². The minimum Gasteiger partial charge on any atom is -0.458 e. The molecule has 3 aliphatic rings. The second-order valence-corrected chi connectivity index (χ2v) is 8.98. The standard InChI is InChI=1S/C22H32N2O6/c1-12-9-16(25)14(3)20(26)29-11-22(5)19-15(4)18(13(2)10-17(12)28-6)23-7-8-24(19)21(27)30-22/h12-13,15,17,19H,3,7-11H2,1-2,4-6H3/t12-,13-,15?,17?,19?,22-/m1/s1. The number of amides is 1. The number of methoxy groups -OCH3 is 1. The van der Waals surface area contributed by atoms with E-state index in [1.807, 2.05) is 13.8 Å². The van der Waals surface area contributed by atoms with E-state index >= 15 is 0 Å². The lowest BCUT2D eigenvalue weighted by Gasteiger charge is -2.36. The molecule has 0 aliphatic carbocycles. The number of aliphatic imine (C=N–C) groups is 1. The molecule has 3 aliphatic heterocycles. The lowest BCUT2D eigenvalue weighted by Crippen LogP contribution is -2.52. The molecule has 1 amide bonds. The van der Waals surface area contributed by atoms with Crippen LogP contribution in [-0.2, 0) is 23.8 Å². The smallest absolute Gasteiger partial charge is 0.410 e. The summed E-state index contributed by atoms with van der Waals surface area (Å²) in [6.07, 6.45) is 0.211. The Kier molecular flexibility index (Phi) is 6.36. The van der Waals surface area contributed by atoms with E-state index in [0.717, 1.165) is 5.71 Å². The zero-order valence-corrected chi connectivity index (χ0v) is 18.5. The molecule has 8 nitrogen and oxygen atoms in total. The molecule has 166 valence electrons. The van der Waals surface area contributed by atoms with Crippen LogP contribution in [0.5, 0.6) is 0 Å². The lowest BCUT2D eigenvalue weighted by atomic mass is 9.78. The molecule has 2 saturated heterocycles. The molecule has 0 saturated carbocycles. The Hall–Kier alpha value is -2.22. The molecule has 0 radical (unpaired) electrons. The highest BCUT2D eigenvalue weighted by atomic mass is 16.6. The fourth-order valence-electron chi connectivity index (χ4n) is 5.09. The Labute approximate surface area is 177 Å². The molecule has 0 N–H and O–H groups in total. The Morgan fingerprint density at radius 3 is 2.60 bits per heavy atom. The molecule has 0 aromatic rings. The van der Waals surface area contributed by atoms with Gasteiger partial charge in [0, 0.05) is 31.7 Å². The van der Waals surface area contributed by atoms with Crippen LogP contribution in [0.15, 0.2) is 17.1 Å². The first kappa shape index (κ1) is 22.5. The predicted octanol–water partition coefficient (Wildman–Crippen LogP) is 2.41. The maximum Gasteiger partial charge on any atom is 0.410 e. The van der Waals surface area contributed by atoms with E-state index in [-0.39, 0.29) is 54.3 Å². The van der Waals surface area contributed by atoms with Crippen LogP contribution >= 0.6 is 0 Å². The van der Waals surface area contributed by atoms with Crippen LogP contribution in [0.1, 0.15) is 40.5 Å². The highest BCUT2D eigenvalue weighted by Crippen LogP contribution is 2.38. The van der Waals surface area contributed by atoms with Crippen LogP contribution < -0.4 is 0 Å². The summed E-state index contributed by atoms with van der Waals surface area (Å²) in [5, 5.41) is 0. The number of hydrogen-bond donors (Lipinski definition) is 0. The Bertz CT molecular complexity index is 778. The molecular formula is C22H32N2O6. The third kappa shape index (κ3) is 4.02. The van der Waals surface area contributed by atoms with Crippen molar-refractivity contribution in [2.24, 2.45) is 22.7 Å². The van der Waals surface area contributed by atoms with Gasteiger partial charge in [0.25, 0.3) is 0 Å². The number of cyclic esters (lactones) is 1. The molecule has 3 heterocycles. The Balaban J connectivity index is 2.01. The van der Waals surface area contributed by atoms with E-state index in [1.54, 1.807) is 18.9 Å². The molecule has 2 fully saturated rings. The van der Waals surface area contributed by atoms with E-state index < -0.39 is 17.7 Å². The summed E-state index contributed by atoms with van der Waals surface area (Å²) < 4.78 is 16.8. The summed E-state index contributed by atoms with van der Waals surface area (Å²) in [4.78, 5) is 44.1. The van der Waals surface area contributed by atoms with Gasteiger partial charge in [0.15, 0.2) is 11.4 Å². The van der Waals surface area contributed by atoms with Crippen molar-refractivity contribution < 1.29 is 28.6 Å². The van der Waals surface area contributed by atoms with Gasteiger partial charge in [0.1, 0.15) is 6.61 Å². The summed E-state index contributed by atoms with van der Waals surface area (Å²) in [5.41, 5.74) is -0.235. The van der Waals surface area contributed by atoms with Crippen LogP contribution in [0, 0.1) is 17.8 Å². The number of rotatable bonds is 1. The Morgan fingerprint density at radius 1 is 1.23 bits per heavy atom. The van der Waals surface area contributed by atoms with Crippen LogP contribution in [0.3, 0.4) is 0 Å². The number of nitrogens with zero attached hydrogens (tertiary/aromatic N) is 2. The number of fused-ring (bicyclic) bond motifs is 1. The van der Waals surface area contributed by atoms with Crippen molar-refractivity contribution in [2.75, 3.05) is 26.8 Å². The minimum absolute atomic E-state index is 0.0850. The quantitative estimate of drug-likeness (QED) is 0.367. The maximum absolute atomic E-state index is 12.6. The second kappa shape index (κ2) is 8.49. The average molecular weight is 421 g/mol. The van der Waals surface area contributed by atoms with E-state index in [0.29, 0.717) is 19.5 Å². The highest BCUT2D eigenvalue weighted by Gasteiger charge is 2.55. The normalized spacial score (nSPS) is 38.4. The number of carbonyl (C=O) groups excluding carboxylic acids is 3. The maximum atomic E-state index is 12.6. The van der Waals surface area contributed by atoms with Crippen molar-refractivity contribution in [2.45, 2.75) is 58.3 Å². The van der Waals surface area contributed by atoms with Gasteiger partial charge in [0.05, 0.1) is 24.3 Å². The zero-order valence-electron chi connectivity index (χ0n) is 18.5. The van der Waals surface area contributed by atoms with Crippen molar-refractivity contribution in [1.29, 1.82) is 0 Å². The first-order chi connectivity index (χ1) is 14.1. The summed E-state index contributed by atoms with van der Waals surface area (Å²) in [6.45, 7) is 12.3. The summed E-state index contributed by atoms with van der Waals surface area (Å²) >= 11 is 0. The van der Waals surface area contributed by atoms with Gasteiger partial charge in [-0.15, -0.1) is 0 Å². The first-order valence-electron chi connectivity index (χ1n) is 10.5. The third-order valence-corrected chi connectivity index (χ3v) is 6.70. The number of hydrogen-bond acceptors (Lipinski definition) is 7. The van der Waals surface area contributed by atoms with Gasteiger partial charge in [0.2, 0.25) is 0 Å². The van der Waals surface area contributed by atoms with Gasteiger partial charge in [-0.2, -0.15) is 0 Å². The first-order valence-corrected chi connectivity index (χ1v) is 10.5. The van der Waals surface area contributed by atoms with E-state index in [4.69, 9.17) is 19.2 Å². The van der Waals surface area contributed by atoms with Crippen molar-refractivity contribution in [3.8, 4) is 0 Å². The molecule has 0 aromatic heterocycles. The SMILES string of the molecule is C=C1C(=O)C[C@@H](C)C(OC)C[C@@H](C)C2=NCCN3C(=O)O[C@](C)(COC1=O)C3C2C. The lowest BCUT2D eigenvalue weighted by molar-refractivity contribution is -0.147. The van der Waals surface area contributed by atoms with Crippen LogP contribution in [0.4, 0.5) is 4.79 Å². The van der Waals surface area contributed by atoms with Crippen molar-refractivity contribution in [1.82, 2.24) is 4.90 Å². The molecule has 0 spiro atoms. The Morgan fingerprint density at radius 2 is 1.93 bits per heavy atom. The van der Waals surface area contributed by atoms with Crippen molar-refractivity contribution in [3.05, 3.63) is 12.2 Å². The van der Waals surface area contributed by atoms with E-state index in [1.165, 1.54) is 0 Å². The van der Waals surface area contributed by atoms with Gasteiger partial charge >= 0.3 is 12.1 Å². The molecule has 6 atom stereocenters. The van der Waals surface area contributed by atoms with Crippen LogP contribution in [-0.4, -0.2) is 73.0 Å².